The van der Waals surface area contributed by atoms with Crippen molar-refractivity contribution in [1.82, 2.24) is 4.57 Å². The number of halogens is 1. The molecule has 30 heavy (non-hydrogen) atoms. The SMILES string of the molecule is COC(=O)Cn1c(=NC(=O)COc2ccc(F)cc2)sc2cc(OC)c(OC)cc21. The van der Waals surface area contributed by atoms with Crippen molar-refractivity contribution in [3.63, 3.8) is 0 Å². The van der Waals surface area contributed by atoms with Gasteiger partial charge in [0.05, 0.1) is 31.5 Å². The highest BCUT2D eigenvalue weighted by atomic mass is 32.1. The zero-order chi connectivity index (χ0) is 21.7. The second-order valence-corrected chi connectivity index (χ2v) is 6.98. The molecule has 0 aliphatic carbocycles. The molecule has 8 nitrogen and oxygen atoms in total. The van der Waals surface area contributed by atoms with Gasteiger partial charge < -0.3 is 23.5 Å². The second kappa shape index (κ2) is 9.40. The van der Waals surface area contributed by atoms with Crippen LogP contribution in [0, 0.1) is 5.82 Å². The predicted octanol–water partition coefficient (Wildman–Crippen LogP) is 2.54. The average Bonchev–Trinajstić information content (AvgIpc) is 3.07. The van der Waals surface area contributed by atoms with Crippen molar-refractivity contribution < 1.29 is 32.9 Å². The molecular weight excluding hydrogens is 415 g/mol. The van der Waals surface area contributed by atoms with Gasteiger partial charge in [-0.25, -0.2) is 4.39 Å². The predicted molar refractivity (Wildman–Crippen MR) is 107 cm³/mol. The quantitative estimate of drug-likeness (QED) is 0.531. The van der Waals surface area contributed by atoms with Gasteiger partial charge in [-0.05, 0) is 24.3 Å². The molecule has 1 heterocycles. The van der Waals surface area contributed by atoms with Gasteiger partial charge >= 0.3 is 5.97 Å². The highest BCUT2D eigenvalue weighted by Gasteiger charge is 2.16. The van der Waals surface area contributed by atoms with E-state index in [1.54, 1.807) is 16.7 Å². The Kier molecular flexibility index (Phi) is 6.68. The van der Waals surface area contributed by atoms with Crippen molar-refractivity contribution in [1.29, 1.82) is 0 Å². The van der Waals surface area contributed by atoms with E-state index in [1.165, 1.54) is 56.9 Å². The van der Waals surface area contributed by atoms with Crippen molar-refractivity contribution >= 4 is 33.4 Å². The highest BCUT2D eigenvalue weighted by Crippen LogP contribution is 2.33. The van der Waals surface area contributed by atoms with Crippen LogP contribution >= 0.6 is 11.3 Å². The number of thiazole rings is 1. The molecule has 1 aromatic heterocycles. The molecule has 0 bridgehead atoms. The van der Waals surface area contributed by atoms with Gasteiger partial charge in [-0.3, -0.25) is 9.59 Å². The van der Waals surface area contributed by atoms with Gasteiger partial charge in [0.15, 0.2) is 22.9 Å². The van der Waals surface area contributed by atoms with Gasteiger partial charge in [0.25, 0.3) is 5.91 Å². The van der Waals surface area contributed by atoms with Crippen LogP contribution in [0.4, 0.5) is 4.39 Å². The van der Waals surface area contributed by atoms with Crippen LogP contribution in [0.2, 0.25) is 0 Å². The Bertz CT molecular complexity index is 1140. The smallest absolute Gasteiger partial charge is 0.325 e. The Balaban J connectivity index is 1.97. The molecule has 158 valence electrons. The highest BCUT2D eigenvalue weighted by molar-refractivity contribution is 7.16. The minimum Gasteiger partial charge on any atom is -0.493 e. The molecular formula is C20H19FN2O6S. The monoisotopic (exact) mass is 434 g/mol. The topological polar surface area (TPSA) is 88.4 Å². The Morgan fingerprint density at radius 2 is 1.73 bits per heavy atom. The third kappa shape index (κ3) is 4.77. The number of methoxy groups -OCH3 is 3. The molecule has 0 N–H and O–H groups in total. The van der Waals surface area contributed by atoms with Crippen LogP contribution in [0.25, 0.3) is 10.2 Å². The Hall–Kier alpha value is -3.40. The lowest BCUT2D eigenvalue weighted by molar-refractivity contribution is -0.141. The minimum atomic E-state index is -0.566. The summed E-state index contributed by atoms with van der Waals surface area (Å²) in [5.74, 6) is -0.149. The van der Waals surface area contributed by atoms with Crippen LogP contribution < -0.4 is 19.0 Å². The molecule has 10 heteroatoms. The molecule has 0 fully saturated rings. The van der Waals surface area contributed by atoms with Gasteiger partial charge in [-0.2, -0.15) is 4.99 Å². The summed E-state index contributed by atoms with van der Waals surface area (Å²) in [4.78, 5) is 28.6. The van der Waals surface area contributed by atoms with Crippen LogP contribution in [-0.4, -0.2) is 44.4 Å². The van der Waals surface area contributed by atoms with E-state index in [4.69, 9.17) is 18.9 Å². The van der Waals surface area contributed by atoms with E-state index < -0.39 is 17.7 Å². The molecule has 1 amide bonds. The van der Waals surface area contributed by atoms with Gasteiger partial charge in [0, 0.05) is 12.1 Å². The summed E-state index contributed by atoms with van der Waals surface area (Å²) in [6.07, 6.45) is 0. The summed E-state index contributed by atoms with van der Waals surface area (Å²) >= 11 is 1.20. The van der Waals surface area contributed by atoms with Crippen LogP contribution in [-0.2, 0) is 20.9 Å². The number of amides is 1. The Labute approximate surface area is 175 Å². The zero-order valence-corrected chi connectivity index (χ0v) is 17.3. The molecule has 0 spiro atoms. The number of carbonyl (C=O) groups is 2. The van der Waals surface area contributed by atoms with E-state index in [1.807, 2.05) is 0 Å². The zero-order valence-electron chi connectivity index (χ0n) is 16.5. The lowest BCUT2D eigenvalue weighted by Gasteiger charge is -2.09. The number of rotatable bonds is 7. The van der Waals surface area contributed by atoms with E-state index in [0.29, 0.717) is 27.6 Å². The molecule has 3 rings (SSSR count). The fourth-order valence-electron chi connectivity index (χ4n) is 2.64. The van der Waals surface area contributed by atoms with Crippen molar-refractivity contribution in [2.45, 2.75) is 6.54 Å². The molecule has 0 atom stereocenters. The number of aromatic nitrogens is 1. The first kappa shape index (κ1) is 21.3. The molecule has 2 aromatic carbocycles. The summed E-state index contributed by atoms with van der Waals surface area (Å²) in [5, 5.41) is 0. The van der Waals surface area contributed by atoms with Crippen molar-refractivity contribution in [2.75, 3.05) is 27.9 Å². The normalized spacial score (nSPS) is 11.4. The molecule has 0 aliphatic rings. The lowest BCUT2D eigenvalue weighted by Crippen LogP contribution is -2.23. The van der Waals surface area contributed by atoms with Gasteiger partial charge in [0.1, 0.15) is 18.1 Å². The molecule has 3 aromatic rings. The average molecular weight is 434 g/mol. The third-order valence-electron chi connectivity index (χ3n) is 4.10. The Morgan fingerprint density at radius 3 is 2.37 bits per heavy atom. The maximum absolute atomic E-state index is 13.0. The Morgan fingerprint density at radius 1 is 1.07 bits per heavy atom. The fraction of sp³-hybridized carbons (Fsp3) is 0.250. The number of benzene rings is 2. The number of hydrogen-bond acceptors (Lipinski definition) is 7. The lowest BCUT2D eigenvalue weighted by atomic mass is 10.3. The number of nitrogens with zero attached hydrogens (tertiary/aromatic N) is 2. The number of esters is 1. The summed E-state index contributed by atoms with van der Waals surface area (Å²) in [6, 6.07) is 8.73. The van der Waals surface area contributed by atoms with Gasteiger partial charge in [-0.1, -0.05) is 11.3 Å². The summed E-state index contributed by atoms with van der Waals surface area (Å²) in [7, 11) is 4.29. The number of hydrogen-bond donors (Lipinski definition) is 0. The van der Waals surface area contributed by atoms with E-state index >= 15 is 0 Å². The summed E-state index contributed by atoms with van der Waals surface area (Å²) in [6.45, 7) is -0.484. The minimum absolute atomic E-state index is 0.142. The molecule has 0 radical (unpaired) electrons. The summed E-state index contributed by atoms with van der Waals surface area (Å²) in [5.41, 5.74) is 0.633. The van der Waals surface area contributed by atoms with E-state index in [0.717, 1.165) is 4.70 Å². The number of ether oxygens (including phenoxy) is 4. The molecule has 0 saturated heterocycles. The van der Waals surface area contributed by atoms with E-state index in [9.17, 15) is 14.0 Å². The second-order valence-electron chi connectivity index (χ2n) is 5.97. The molecule has 0 unspecified atom stereocenters. The largest absolute Gasteiger partial charge is 0.493 e. The fourth-order valence-corrected chi connectivity index (χ4v) is 3.70. The first-order valence-corrected chi connectivity index (χ1v) is 9.55. The van der Waals surface area contributed by atoms with Crippen molar-refractivity contribution in [2.24, 2.45) is 4.99 Å². The standard InChI is InChI=1S/C20H19FN2O6S/c1-26-15-8-14-17(9-16(15)27-2)30-20(23(14)10-19(25)28-3)22-18(24)11-29-13-6-4-12(21)5-7-13/h4-9H,10-11H2,1-3H3. The van der Waals surface area contributed by atoms with Crippen LogP contribution in [0.1, 0.15) is 0 Å². The first-order chi connectivity index (χ1) is 14.4. The molecule has 0 aliphatic heterocycles. The number of carbonyl (C=O) groups excluding carboxylic acids is 2. The van der Waals surface area contributed by atoms with E-state index in [2.05, 4.69) is 4.99 Å². The number of fused-ring (bicyclic) bond motifs is 1. The maximum atomic E-state index is 13.0. The van der Waals surface area contributed by atoms with Crippen LogP contribution in [0.15, 0.2) is 41.4 Å². The van der Waals surface area contributed by atoms with E-state index in [-0.39, 0.29) is 13.2 Å². The maximum Gasteiger partial charge on any atom is 0.325 e. The van der Waals surface area contributed by atoms with Gasteiger partial charge in [-0.15, -0.1) is 0 Å². The van der Waals surface area contributed by atoms with Crippen LogP contribution in [0.3, 0.4) is 0 Å². The summed E-state index contributed by atoms with van der Waals surface area (Å²) < 4.78 is 36.0. The third-order valence-corrected chi connectivity index (χ3v) is 5.14. The van der Waals surface area contributed by atoms with Crippen molar-refractivity contribution in [3.8, 4) is 17.2 Å². The van der Waals surface area contributed by atoms with Crippen LogP contribution in [0.5, 0.6) is 17.2 Å². The molecule has 0 saturated carbocycles. The first-order valence-electron chi connectivity index (χ1n) is 8.73. The van der Waals surface area contributed by atoms with Crippen molar-refractivity contribution in [3.05, 3.63) is 47.0 Å². The van der Waals surface area contributed by atoms with Gasteiger partial charge in [0.2, 0.25) is 0 Å².